The van der Waals surface area contributed by atoms with Crippen LogP contribution in [0, 0.1) is 6.92 Å². The lowest BCUT2D eigenvalue weighted by Crippen LogP contribution is -2.36. The van der Waals surface area contributed by atoms with E-state index in [1.807, 2.05) is 0 Å². The number of amides is 1. The maximum absolute atomic E-state index is 12.3. The van der Waals surface area contributed by atoms with Gasteiger partial charge in [-0.3, -0.25) is 4.79 Å². The minimum absolute atomic E-state index is 0.0196. The third-order valence-corrected chi connectivity index (χ3v) is 5.09. The lowest BCUT2D eigenvalue weighted by Gasteiger charge is -2.15. The molecule has 0 aromatic heterocycles. The Morgan fingerprint density at radius 2 is 2.00 bits per heavy atom. The van der Waals surface area contributed by atoms with Crippen molar-refractivity contribution >= 4 is 21.9 Å². The Bertz CT molecular complexity index is 741. The van der Waals surface area contributed by atoms with E-state index in [2.05, 4.69) is 11.9 Å². The molecule has 0 aliphatic rings. The Kier molecular flexibility index (Phi) is 6.68. The van der Waals surface area contributed by atoms with Crippen molar-refractivity contribution < 1.29 is 22.7 Å². The molecule has 0 aliphatic carbocycles. The van der Waals surface area contributed by atoms with Crippen LogP contribution in [0.1, 0.15) is 22.8 Å². The SMILES string of the molecule is C=CCNC(=O)[C@H](C)OC(=O)c1cc(S(=O)(=O)N(C)C)ccc1C. The second-order valence-corrected chi connectivity index (χ2v) is 7.50. The van der Waals surface area contributed by atoms with E-state index in [9.17, 15) is 18.0 Å². The molecule has 1 atom stereocenters. The van der Waals surface area contributed by atoms with Crippen LogP contribution in [0.2, 0.25) is 0 Å². The second-order valence-electron chi connectivity index (χ2n) is 5.35. The lowest BCUT2D eigenvalue weighted by molar-refractivity contribution is -0.128. The number of sulfonamides is 1. The van der Waals surface area contributed by atoms with Gasteiger partial charge in [0.25, 0.3) is 5.91 Å². The summed E-state index contributed by atoms with van der Waals surface area (Å²) in [6.45, 7) is 6.83. The zero-order valence-electron chi connectivity index (χ0n) is 14.2. The summed E-state index contributed by atoms with van der Waals surface area (Å²) in [6, 6.07) is 4.19. The molecule has 0 heterocycles. The van der Waals surface area contributed by atoms with Crippen LogP contribution >= 0.6 is 0 Å². The Balaban J connectivity index is 3.03. The Hall–Kier alpha value is -2.19. The maximum atomic E-state index is 12.3. The monoisotopic (exact) mass is 354 g/mol. The highest BCUT2D eigenvalue weighted by atomic mass is 32.2. The first-order valence-electron chi connectivity index (χ1n) is 7.24. The molecule has 8 heteroatoms. The molecule has 0 saturated carbocycles. The quantitative estimate of drug-likeness (QED) is 0.584. The molecule has 0 saturated heterocycles. The molecule has 1 N–H and O–H groups in total. The maximum Gasteiger partial charge on any atom is 0.339 e. The van der Waals surface area contributed by atoms with Gasteiger partial charge in [0.05, 0.1) is 10.5 Å². The third-order valence-electron chi connectivity index (χ3n) is 3.28. The van der Waals surface area contributed by atoms with Crippen LogP contribution in [-0.2, 0) is 19.6 Å². The van der Waals surface area contributed by atoms with Crippen LogP contribution in [0.25, 0.3) is 0 Å². The number of esters is 1. The molecule has 1 aromatic rings. The van der Waals surface area contributed by atoms with Crippen molar-refractivity contribution in [2.75, 3.05) is 20.6 Å². The highest BCUT2D eigenvalue weighted by Gasteiger charge is 2.23. The molecule has 0 unspecified atom stereocenters. The molecule has 0 fully saturated rings. The van der Waals surface area contributed by atoms with Gasteiger partial charge in [-0.2, -0.15) is 0 Å². The van der Waals surface area contributed by atoms with Gasteiger partial charge in [-0.1, -0.05) is 12.1 Å². The highest BCUT2D eigenvalue weighted by molar-refractivity contribution is 7.89. The minimum Gasteiger partial charge on any atom is -0.449 e. The summed E-state index contributed by atoms with van der Waals surface area (Å²) in [5, 5.41) is 2.52. The van der Waals surface area contributed by atoms with E-state index in [1.54, 1.807) is 6.92 Å². The molecule has 0 aliphatic heterocycles. The number of nitrogens with zero attached hydrogens (tertiary/aromatic N) is 1. The fraction of sp³-hybridized carbons (Fsp3) is 0.375. The fourth-order valence-electron chi connectivity index (χ4n) is 1.79. The average molecular weight is 354 g/mol. The minimum atomic E-state index is -3.67. The van der Waals surface area contributed by atoms with E-state index in [0.29, 0.717) is 5.56 Å². The second kappa shape index (κ2) is 8.07. The molecule has 1 aromatic carbocycles. The highest BCUT2D eigenvalue weighted by Crippen LogP contribution is 2.19. The number of nitrogens with one attached hydrogen (secondary N) is 1. The number of carbonyl (C=O) groups is 2. The molecule has 132 valence electrons. The van der Waals surface area contributed by atoms with Gasteiger partial charge in [-0.25, -0.2) is 17.5 Å². The van der Waals surface area contributed by atoms with Gasteiger partial charge in [0, 0.05) is 20.6 Å². The molecule has 24 heavy (non-hydrogen) atoms. The number of hydrogen-bond donors (Lipinski definition) is 1. The number of aryl methyl sites for hydroxylation is 1. The summed E-state index contributed by atoms with van der Waals surface area (Å²) in [4.78, 5) is 24.0. The van der Waals surface area contributed by atoms with E-state index < -0.39 is 28.0 Å². The van der Waals surface area contributed by atoms with Gasteiger partial charge in [0.15, 0.2) is 6.10 Å². The molecular weight excluding hydrogens is 332 g/mol. The molecule has 0 bridgehead atoms. The Morgan fingerprint density at radius 3 is 2.54 bits per heavy atom. The molecule has 7 nitrogen and oxygen atoms in total. The molecule has 1 rings (SSSR count). The van der Waals surface area contributed by atoms with E-state index in [-0.39, 0.29) is 17.0 Å². The van der Waals surface area contributed by atoms with Crippen molar-refractivity contribution in [3.8, 4) is 0 Å². The number of rotatable bonds is 7. The first-order valence-corrected chi connectivity index (χ1v) is 8.68. The summed E-state index contributed by atoms with van der Waals surface area (Å²) in [5.41, 5.74) is 0.651. The predicted molar refractivity (Wildman–Crippen MR) is 90.1 cm³/mol. The van der Waals surface area contributed by atoms with Crippen molar-refractivity contribution in [1.29, 1.82) is 0 Å². The van der Waals surface area contributed by atoms with Gasteiger partial charge in [0.2, 0.25) is 10.0 Å². The van der Waals surface area contributed by atoms with Crippen LogP contribution in [-0.4, -0.2) is 51.3 Å². The smallest absolute Gasteiger partial charge is 0.339 e. The van der Waals surface area contributed by atoms with Crippen molar-refractivity contribution in [3.05, 3.63) is 42.0 Å². The number of carbonyl (C=O) groups excluding carboxylic acids is 2. The van der Waals surface area contributed by atoms with Crippen molar-refractivity contribution in [1.82, 2.24) is 9.62 Å². The zero-order valence-corrected chi connectivity index (χ0v) is 15.0. The van der Waals surface area contributed by atoms with Gasteiger partial charge < -0.3 is 10.1 Å². The summed E-state index contributed by atoms with van der Waals surface area (Å²) in [5.74, 6) is -1.22. The summed E-state index contributed by atoms with van der Waals surface area (Å²) in [6.07, 6.45) is 0.498. The van der Waals surface area contributed by atoms with E-state index in [1.165, 1.54) is 45.3 Å². The number of ether oxygens (including phenoxy) is 1. The molecular formula is C16H22N2O5S. The topological polar surface area (TPSA) is 92.8 Å². The summed E-state index contributed by atoms with van der Waals surface area (Å²) >= 11 is 0. The van der Waals surface area contributed by atoms with E-state index in [0.717, 1.165) is 4.31 Å². The normalized spacial score (nSPS) is 12.5. The Labute approximate surface area is 142 Å². The van der Waals surface area contributed by atoms with E-state index in [4.69, 9.17) is 4.74 Å². The van der Waals surface area contributed by atoms with Crippen molar-refractivity contribution in [2.45, 2.75) is 24.8 Å². The lowest BCUT2D eigenvalue weighted by atomic mass is 10.1. The van der Waals surface area contributed by atoms with Gasteiger partial charge in [-0.05, 0) is 31.5 Å². The molecule has 0 spiro atoms. The number of hydrogen-bond acceptors (Lipinski definition) is 5. The zero-order chi connectivity index (χ0) is 18.5. The third kappa shape index (κ3) is 4.65. The van der Waals surface area contributed by atoms with Gasteiger partial charge in [0.1, 0.15) is 0 Å². The van der Waals surface area contributed by atoms with Crippen LogP contribution in [0.3, 0.4) is 0 Å². The largest absolute Gasteiger partial charge is 0.449 e. The van der Waals surface area contributed by atoms with Gasteiger partial charge >= 0.3 is 5.97 Å². The average Bonchev–Trinajstić information content (AvgIpc) is 2.52. The van der Waals surface area contributed by atoms with Gasteiger partial charge in [-0.15, -0.1) is 6.58 Å². The van der Waals surface area contributed by atoms with Crippen LogP contribution in [0.15, 0.2) is 35.7 Å². The van der Waals surface area contributed by atoms with Crippen molar-refractivity contribution in [3.63, 3.8) is 0 Å². The van der Waals surface area contributed by atoms with Crippen LogP contribution in [0.4, 0.5) is 0 Å². The van der Waals surface area contributed by atoms with Crippen LogP contribution < -0.4 is 5.32 Å². The molecule has 1 amide bonds. The predicted octanol–water partition coefficient (Wildman–Crippen LogP) is 1.09. The first kappa shape index (κ1) is 19.9. The van der Waals surface area contributed by atoms with Crippen LogP contribution in [0.5, 0.6) is 0 Å². The summed E-state index contributed by atoms with van der Waals surface area (Å²) in [7, 11) is -0.867. The van der Waals surface area contributed by atoms with Crippen molar-refractivity contribution in [2.24, 2.45) is 0 Å². The van der Waals surface area contributed by atoms with E-state index >= 15 is 0 Å². The Morgan fingerprint density at radius 1 is 1.38 bits per heavy atom. The fourth-order valence-corrected chi connectivity index (χ4v) is 2.71. The first-order chi connectivity index (χ1) is 11.1. The molecule has 0 radical (unpaired) electrons. The standard InChI is InChI=1S/C16H22N2O5S/c1-6-9-17-15(19)12(3)23-16(20)14-10-13(8-7-11(14)2)24(21,22)18(4)5/h6-8,10,12H,1,9H2,2-5H3,(H,17,19)/t12-/m0/s1. The summed E-state index contributed by atoms with van der Waals surface area (Å²) < 4.78 is 30.5. The number of benzene rings is 1.